The Bertz CT molecular complexity index is 322. The average Bonchev–Trinajstić information content (AvgIpc) is 2.51. The zero-order valence-corrected chi connectivity index (χ0v) is 7.95. The lowest BCUT2D eigenvalue weighted by molar-refractivity contribution is -0.144. The predicted molar refractivity (Wildman–Crippen MR) is 45.5 cm³/mol. The average molecular weight is 200 g/mol. The minimum absolute atomic E-state index is 0.443. The molecular weight excluding hydrogens is 188 g/mol. The fraction of sp³-hybridized carbons (Fsp3) is 0.714. The molecule has 1 aromatic rings. The molecule has 0 aliphatic heterocycles. The Labute approximate surface area is 80.4 Å². The Balaban J connectivity index is 3.04. The van der Waals surface area contributed by atoms with E-state index in [-0.39, 0.29) is 0 Å². The Morgan fingerprint density at radius 1 is 1.64 bits per heavy atom. The minimum Gasteiger partial charge on any atom is -0.480 e. The molecule has 0 aliphatic rings. The first-order valence-corrected chi connectivity index (χ1v) is 4.25. The van der Waals surface area contributed by atoms with Gasteiger partial charge in [-0.15, -0.1) is 5.10 Å². The van der Waals surface area contributed by atoms with Crippen LogP contribution in [0.3, 0.4) is 0 Å². The van der Waals surface area contributed by atoms with Crippen LogP contribution in [0.25, 0.3) is 0 Å². The van der Waals surface area contributed by atoms with Gasteiger partial charge < -0.3 is 10.2 Å². The maximum atomic E-state index is 10.8. The quantitative estimate of drug-likeness (QED) is 0.662. The lowest BCUT2D eigenvalue weighted by atomic mass is 10.2. The smallest absolute Gasteiger partial charge is 0.331 e. The second-order valence-electron chi connectivity index (χ2n) is 2.92. The van der Waals surface area contributed by atoms with Crippen LogP contribution in [-0.2, 0) is 11.2 Å². The van der Waals surface area contributed by atoms with Crippen molar-refractivity contribution in [2.75, 3.05) is 0 Å². The van der Waals surface area contributed by atoms with Gasteiger partial charge in [0.15, 0.2) is 11.9 Å². The molecule has 78 valence electrons. The van der Waals surface area contributed by atoms with E-state index in [9.17, 15) is 9.90 Å². The Kier molecular flexibility index (Phi) is 3.13. The number of rotatable bonds is 4. The first kappa shape index (κ1) is 10.6. The molecule has 14 heavy (non-hydrogen) atoms. The number of aliphatic hydroxyl groups excluding tert-OH is 1. The summed E-state index contributed by atoms with van der Waals surface area (Å²) in [6.45, 7) is 3.20. The third kappa shape index (κ3) is 1.87. The Morgan fingerprint density at radius 3 is 2.71 bits per heavy atom. The van der Waals surface area contributed by atoms with Crippen molar-refractivity contribution in [3.05, 3.63) is 5.82 Å². The fourth-order valence-corrected chi connectivity index (χ4v) is 1.18. The molecule has 0 saturated heterocycles. The molecule has 2 unspecified atom stereocenters. The van der Waals surface area contributed by atoms with E-state index in [1.165, 1.54) is 6.92 Å². The first-order chi connectivity index (χ1) is 6.57. The van der Waals surface area contributed by atoms with Crippen LogP contribution in [0, 0.1) is 0 Å². The van der Waals surface area contributed by atoms with Gasteiger partial charge in [0.25, 0.3) is 0 Å². The third-order valence-electron chi connectivity index (χ3n) is 1.85. The molecule has 0 aromatic carbocycles. The van der Waals surface area contributed by atoms with Gasteiger partial charge in [-0.25, -0.2) is 9.48 Å². The number of carbonyl (C=O) groups is 1. The van der Waals surface area contributed by atoms with Gasteiger partial charge in [0.2, 0.25) is 0 Å². The van der Waals surface area contributed by atoms with Gasteiger partial charge in [0, 0.05) is 6.42 Å². The first-order valence-electron chi connectivity index (χ1n) is 4.25. The van der Waals surface area contributed by atoms with E-state index in [4.69, 9.17) is 5.11 Å². The summed E-state index contributed by atoms with van der Waals surface area (Å²) in [6, 6.07) is -1.13. The van der Waals surface area contributed by atoms with Crippen molar-refractivity contribution in [2.24, 2.45) is 0 Å². The predicted octanol–water partition coefficient (Wildman–Crippen LogP) is -0.758. The van der Waals surface area contributed by atoms with E-state index in [1.54, 1.807) is 0 Å². The lowest BCUT2D eigenvalue weighted by Crippen LogP contribution is -2.31. The molecule has 0 aliphatic carbocycles. The van der Waals surface area contributed by atoms with Crippen molar-refractivity contribution in [1.82, 2.24) is 20.2 Å². The van der Waals surface area contributed by atoms with Crippen molar-refractivity contribution in [3.8, 4) is 0 Å². The van der Waals surface area contributed by atoms with Gasteiger partial charge in [-0.05, 0) is 17.4 Å². The van der Waals surface area contributed by atoms with E-state index >= 15 is 0 Å². The summed E-state index contributed by atoms with van der Waals surface area (Å²) in [4.78, 5) is 10.8. The number of carboxylic acids is 1. The minimum atomic E-state index is -1.15. The number of hydrogen-bond donors (Lipinski definition) is 2. The molecule has 2 atom stereocenters. The number of hydrogen-bond acceptors (Lipinski definition) is 5. The zero-order chi connectivity index (χ0) is 10.7. The van der Waals surface area contributed by atoms with Crippen molar-refractivity contribution in [3.63, 3.8) is 0 Å². The largest absolute Gasteiger partial charge is 0.480 e. The second kappa shape index (κ2) is 4.14. The van der Waals surface area contributed by atoms with Crippen molar-refractivity contribution < 1.29 is 15.0 Å². The molecule has 0 saturated carbocycles. The highest BCUT2D eigenvalue weighted by atomic mass is 16.4. The van der Waals surface area contributed by atoms with Gasteiger partial charge in [-0.2, -0.15) is 0 Å². The van der Waals surface area contributed by atoms with E-state index in [0.717, 1.165) is 4.68 Å². The third-order valence-corrected chi connectivity index (χ3v) is 1.85. The van der Waals surface area contributed by atoms with Crippen molar-refractivity contribution >= 4 is 5.97 Å². The van der Waals surface area contributed by atoms with Crippen LogP contribution in [0.5, 0.6) is 0 Å². The topological polar surface area (TPSA) is 101 Å². The summed E-state index contributed by atoms with van der Waals surface area (Å²) in [5, 5.41) is 28.7. The molecule has 1 heterocycles. The SMILES string of the molecule is CCc1nnnn1C(C(=O)O)C(C)O. The number of aliphatic hydroxyl groups is 1. The highest BCUT2D eigenvalue weighted by Gasteiger charge is 2.28. The van der Waals surface area contributed by atoms with Crippen LogP contribution in [0.15, 0.2) is 0 Å². The van der Waals surface area contributed by atoms with Gasteiger partial charge >= 0.3 is 5.97 Å². The van der Waals surface area contributed by atoms with Crippen LogP contribution < -0.4 is 0 Å². The van der Waals surface area contributed by atoms with Gasteiger partial charge in [0.1, 0.15) is 0 Å². The normalized spacial score (nSPS) is 15.1. The van der Waals surface area contributed by atoms with Crippen LogP contribution in [-0.4, -0.2) is 42.5 Å². The van der Waals surface area contributed by atoms with E-state index in [2.05, 4.69) is 15.5 Å². The molecule has 7 heteroatoms. The van der Waals surface area contributed by atoms with Gasteiger partial charge in [-0.1, -0.05) is 6.92 Å². The molecule has 0 bridgehead atoms. The molecule has 0 spiro atoms. The lowest BCUT2D eigenvalue weighted by Gasteiger charge is -2.15. The molecular formula is C7H12N4O3. The van der Waals surface area contributed by atoms with Crippen molar-refractivity contribution in [1.29, 1.82) is 0 Å². The van der Waals surface area contributed by atoms with Crippen LogP contribution in [0.4, 0.5) is 0 Å². The van der Waals surface area contributed by atoms with Crippen molar-refractivity contribution in [2.45, 2.75) is 32.4 Å². The number of aryl methyl sites for hydroxylation is 1. The number of aliphatic carboxylic acids is 1. The monoisotopic (exact) mass is 200 g/mol. The summed E-state index contributed by atoms with van der Waals surface area (Å²) in [5.41, 5.74) is 0. The highest BCUT2D eigenvalue weighted by molar-refractivity contribution is 5.72. The number of tetrazole rings is 1. The van der Waals surface area contributed by atoms with E-state index in [0.29, 0.717) is 12.2 Å². The van der Waals surface area contributed by atoms with Crippen LogP contribution >= 0.6 is 0 Å². The molecule has 1 rings (SSSR count). The number of carboxylic acid groups (broad SMARTS) is 1. The summed E-state index contributed by atoms with van der Waals surface area (Å²) in [7, 11) is 0. The molecule has 0 amide bonds. The highest BCUT2D eigenvalue weighted by Crippen LogP contribution is 2.12. The van der Waals surface area contributed by atoms with E-state index in [1.807, 2.05) is 6.92 Å². The molecule has 7 nitrogen and oxygen atoms in total. The molecule has 2 N–H and O–H groups in total. The summed E-state index contributed by atoms with van der Waals surface area (Å²) >= 11 is 0. The second-order valence-corrected chi connectivity index (χ2v) is 2.92. The maximum absolute atomic E-state index is 10.8. The zero-order valence-electron chi connectivity index (χ0n) is 7.95. The maximum Gasteiger partial charge on any atom is 0.331 e. The number of nitrogens with zero attached hydrogens (tertiary/aromatic N) is 4. The Hall–Kier alpha value is -1.50. The van der Waals surface area contributed by atoms with Crippen LogP contribution in [0.1, 0.15) is 25.7 Å². The Morgan fingerprint density at radius 2 is 2.29 bits per heavy atom. The summed E-state index contributed by atoms with van der Waals surface area (Å²) < 4.78 is 1.13. The summed E-state index contributed by atoms with van der Waals surface area (Å²) in [6.07, 6.45) is -0.523. The molecule has 0 fully saturated rings. The molecule has 0 radical (unpaired) electrons. The standard InChI is InChI=1S/C7H12N4O3/c1-3-5-8-9-10-11(5)6(4(2)12)7(13)14/h4,6,12H,3H2,1-2H3,(H,13,14). The fourth-order valence-electron chi connectivity index (χ4n) is 1.18. The summed E-state index contributed by atoms with van der Waals surface area (Å²) in [5.74, 6) is -0.708. The number of aromatic nitrogens is 4. The van der Waals surface area contributed by atoms with Crippen LogP contribution in [0.2, 0.25) is 0 Å². The van der Waals surface area contributed by atoms with Gasteiger partial charge in [-0.3, -0.25) is 0 Å². The van der Waals surface area contributed by atoms with Gasteiger partial charge in [0.05, 0.1) is 6.10 Å². The van der Waals surface area contributed by atoms with E-state index < -0.39 is 18.1 Å². The molecule has 1 aromatic heterocycles.